The maximum Gasteiger partial charge on any atom is 0.0408 e. The van der Waals surface area contributed by atoms with Crippen molar-refractivity contribution in [3.63, 3.8) is 0 Å². The molecule has 0 unspecified atom stereocenters. The second-order valence-corrected chi connectivity index (χ2v) is 4.45. The monoisotopic (exact) mass is 195 g/mol. The molecule has 0 heterocycles. The van der Waals surface area contributed by atoms with Gasteiger partial charge in [-0.2, -0.15) is 0 Å². The molecule has 0 amide bonds. The van der Waals surface area contributed by atoms with Crippen molar-refractivity contribution in [1.29, 1.82) is 0 Å². The van der Waals surface area contributed by atoms with Crippen molar-refractivity contribution in [2.45, 2.75) is 19.3 Å². The van der Waals surface area contributed by atoms with E-state index in [-0.39, 0.29) is 0 Å². The quantitative estimate of drug-likeness (QED) is 0.789. The number of halogens is 1. The van der Waals surface area contributed by atoms with Crippen LogP contribution in [0.5, 0.6) is 0 Å². The Hall–Kier alpha value is -0.530. The SMILES string of the molecule is NCC1(Cc2cccc(Cl)c2)CC1. The van der Waals surface area contributed by atoms with Crippen LogP contribution in [0.4, 0.5) is 0 Å². The van der Waals surface area contributed by atoms with Crippen LogP contribution in [0.15, 0.2) is 24.3 Å². The molecule has 2 rings (SSSR count). The molecule has 0 atom stereocenters. The lowest BCUT2D eigenvalue weighted by Crippen LogP contribution is -2.17. The van der Waals surface area contributed by atoms with E-state index in [4.69, 9.17) is 17.3 Å². The molecule has 1 aromatic rings. The first-order valence-corrected chi connectivity index (χ1v) is 5.06. The highest BCUT2D eigenvalue weighted by Gasteiger charge is 2.40. The highest BCUT2D eigenvalue weighted by Crippen LogP contribution is 2.47. The molecule has 1 saturated carbocycles. The van der Waals surface area contributed by atoms with E-state index < -0.39 is 0 Å². The molecule has 1 nitrogen and oxygen atoms in total. The maximum absolute atomic E-state index is 5.91. The number of nitrogens with two attached hydrogens (primary N) is 1. The van der Waals surface area contributed by atoms with E-state index in [0.717, 1.165) is 18.0 Å². The van der Waals surface area contributed by atoms with E-state index in [1.165, 1.54) is 18.4 Å². The largest absolute Gasteiger partial charge is 0.330 e. The van der Waals surface area contributed by atoms with Crippen molar-refractivity contribution in [2.75, 3.05) is 6.54 Å². The molecule has 1 aliphatic rings. The number of rotatable bonds is 3. The Balaban J connectivity index is 2.09. The molecule has 2 heteroatoms. The normalized spacial score (nSPS) is 18.6. The molecule has 0 aliphatic heterocycles. The van der Waals surface area contributed by atoms with Crippen LogP contribution in [0, 0.1) is 5.41 Å². The maximum atomic E-state index is 5.91. The van der Waals surface area contributed by atoms with E-state index in [0.29, 0.717) is 5.41 Å². The zero-order chi connectivity index (χ0) is 9.31. The summed E-state index contributed by atoms with van der Waals surface area (Å²) in [6.07, 6.45) is 3.64. The fourth-order valence-corrected chi connectivity index (χ4v) is 1.92. The van der Waals surface area contributed by atoms with Gasteiger partial charge < -0.3 is 5.73 Å². The van der Waals surface area contributed by atoms with Crippen LogP contribution in [0.2, 0.25) is 5.02 Å². The lowest BCUT2D eigenvalue weighted by atomic mass is 9.97. The standard InChI is InChI=1S/C11H14ClN/c12-10-3-1-2-9(6-10)7-11(8-13)4-5-11/h1-3,6H,4-5,7-8,13H2. The van der Waals surface area contributed by atoms with E-state index in [9.17, 15) is 0 Å². The lowest BCUT2D eigenvalue weighted by Gasteiger charge is -2.11. The van der Waals surface area contributed by atoms with Crippen molar-refractivity contribution in [3.05, 3.63) is 34.9 Å². The fourth-order valence-electron chi connectivity index (χ4n) is 1.71. The van der Waals surface area contributed by atoms with Crippen LogP contribution in [-0.4, -0.2) is 6.54 Å². The van der Waals surface area contributed by atoms with Crippen molar-refractivity contribution in [2.24, 2.45) is 11.1 Å². The predicted octanol–water partition coefficient (Wildman–Crippen LogP) is 2.62. The van der Waals surface area contributed by atoms with E-state index >= 15 is 0 Å². The Morgan fingerprint density at radius 3 is 2.69 bits per heavy atom. The molecule has 0 spiro atoms. The third kappa shape index (κ3) is 2.04. The predicted molar refractivity (Wildman–Crippen MR) is 55.9 cm³/mol. The van der Waals surface area contributed by atoms with Crippen molar-refractivity contribution in [1.82, 2.24) is 0 Å². The van der Waals surface area contributed by atoms with Crippen molar-refractivity contribution >= 4 is 11.6 Å². The third-order valence-corrected chi connectivity index (χ3v) is 3.09. The molecule has 1 aromatic carbocycles. The Kier molecular flexibility index (Phi) is 2.31. The van der Waals surface area contributed by atoms with Gasteiger partial charge in [0.15, 0.2) is 0 Å². The number of benzene rings is 1. The van der Waals surface area contributed by atoms with Crippen LogP contribution in [0.25, 0.3) is 0 Å². The average Bonchev–Trinajstić information content (AvgIpc) is 2.86. The molecule has 1 aliphatic carbocycles. The second kappa shape index (κ2) is 3.32. The van der Waals surface area contributed by atoms with Gasteiger partial charge in [0.1, 0.15) is 0 Å². The zero-order valence-electron chi connectivity index (χ0n) is 7.59. The van der Waals surface area contributed by atoms with E-state index in [2.05, 4.69) is 6.07 Å². The van der Waals surface area contributed by atoms with Crippen LogP contribution < -0.4 is 5.73 Å². The van der Waals surface area contributed by atoms with E-state index in [1.54, 1.807) is 0 Å². The lowest BCUT2D eigenvalue weighted by molar-refractivity contribution is 0.521. The minimum atomic E-state index is 0.407. The Morgan fingerprint density at radius 1 is 1.38 bits per heavy atom. The second-order valence-electron chi connectivity index (χ2n) is 4.01. The van der Waals surface area contributed by atoms with Gasteiger partial charge in [-0.15, -0.1) is 0 Å². The molecule has 2 N–H and O–H groups in total. The highest BCUT2D eigenvalue weighted by atomic mass is 35.5. The van der Waals surface area contributed by atoms with Crippen molar-refractivity contribution in [3.8, 4) is 0 Å². The van der Waals surface area contributed by atoms with Crippen molar-refractivity contribution < 1.29 is 0 Å². The van der Waals surface area contributed by atoms with Gasteiger partial charge in [0.05, 0.1) is 0 Å². The summed E-state index contributed by atoms with van der Waals surface area (Å²) in [4.78, 5) is 0. The molecule has 0 radical (unpaired) electrons. The molecule has 0 aromatic heterocycles. The third-order valence-electron chi connectivity index (χ3n) is 2.86. The van der Waals surface area contributed by atoms with Gasteiger partial charge in [0, 0.05) is 5.02 Å². The summed E-state index contributed by atoms with van der Waals surface area (Å²) in [6.45, 7) is 0.805. The minimum absolute atomic E-state index is 0.407. The van der Waals surface area contributed by atoms with Gasteiger partial charge in [-0.1, -0.05) is 23.7 Å². The Morgan fingerprint density at radius 2 is 2.15 bits per heavy atom. The molecule has 13 heavy (non-hydrogen) atoms. The van der Waals surface area contributed by atoms with Gasteiger partial charge in [0.2, 0.25) is 0 Å². The fraction of sp³-hybridized carbons (Fsp3) is 0.455. The van der Waals surface area contributed by atoms with Crippen LogP contribution in [0.1, 0.15) is 18.4 Å². The van der Waals surface area contributed by atoms with Gasteiger partial charge in [0.25, 0.3) is 0 Å². The molecule has 0 bridgehead atoms. The van der Waals surface area contributed by atoms with E-state index in [1.807, 2.05) is 18.2 Å². The number of hydrogen-bond acceptors (Lipinski definition) is 1. The number of hydrogen-bond donors (Lipinski definition) is 1. The van der Waals surface area contributed by atoms with Crippen LogP contribution >= 0.6 is 11.6 Å². The summed E-state index contributed by atoms with van der Waals surface area (Å²) >= 11 is 5.91. The van der Waals surface area contributed by atoms with Crippen LogP contribution in [-0.2, 0) is 6.42 Å². The summed E-state index contributed by atoms with van der Waals surface area (Å²) in [5.41, 5.74) is 7.44. The summed E-state index contributed by atoms with van der Waals surface area (Å²) < 4.78 is 0. The zero-order valence-corrected chi connectivity index (χ0v) is 8.35. The average molecular weight is 196 g/mol. The molecule has 1 fully saturated rings. The molecular formula is C11H14ClN. The Labute approximate surface area is 83.9 Å². The highest BCUT2D eigenvalue weighted by molar-refractivity contribution is 6.30. The summed E-state index contributed by atoms with van der Waals surface area (Å²) in [7, 11) is 0. The Bertz CT molecular complexity index is 305. The summed E-state index contributed by atoms with van der Waals surface area (Å²) in [5.74, 6) is 0. The van der Waals surface area contributed by atoms with Gasteiger partial charge in [-0.3, -0.25) is 0 Å². The topological polar surface area (TPSA) is 26.0 Å². The van der Waals surface area contributed by atoms with Gasteiger partial charge >= 0.3 is 0 Å². The smallest absolute Gasteiger partial charge is 0.0408 e. The summed E-state index contributed by atoms with van der Waals surface area (Å²) in [5, 5.41) is 0.824. The molecule has 0 saturated heterocycles. The van der Waals surface area contributed by atoms with Gasteiger partial charge in [-0.25, -0.2) is 0 Å². The first-order valence-electron chi connectivity index (χ1n) is 4.69. The first kappa shape index (κ1) is 9.04. The first-order chi connectivity index (χ1) is 6.24. The van der Waals surface area contributed by atoms with Crippen LogP contribution in [0.3, 0.4) is 0 Å². The minimum Gasteiger partial charge on any atom is -0.330 e. The summed E-state index contributed by atoms with van der Waals surface area (Å²) in [6, 6.07) is 8.08. The van der Waals surface area contributed by atoms with Gasteiger partial charge in [-0.05, 0) is 48.9 Å². The molecule has 70 valence electrons. The molecular weight excluding hydrogens is 182 g/mol.